The van der Waals surface area contributed by atoms with Crippen LogP contribution in [0.15, 0.2) is 73.3 Å². The summed E-state index contributed by atoms with van der Waals surface area (Å²) in [5.74, 6) is 0. The van der Waals surface area contributed by atoms with Gasteiger partial charge in [-0.2, -0.15) is 0 Å². The largest absolute Gasteiger partial charge is 0.392 e. The number of aliphatic hydroxyl groups excluding tert-OH is 1. The van der Waals surface area contributed by atoms with Gasteiger partial charge in [-0.05, 0) is 63.8 Å². The second-order valence-electron chi connectivity index (χ2n) is 8.78. The van der Waals surface area contributed by atoms with Gasteiger partial charge in [0, 0.05) is 0 Å². The zero-order valence-electron chi connectivity index (χ0n) is 19.9. The van der Waals surface area contributed by atoms with E-state index in [1.54, 1.807) is 0 Å². The van der Waals surface area contributed by atoms with Crippen molar-refractivity contribution >= 4 is 5.57 Å². The molecule has 0 atom stereocenters. The number of unbranched alkanes of at least 4 members (excludes halogenated alkanes) is 5. The van der Waals surface area contributed by atoms with Gasteiger partial charge in [0.05, 0.1) is 6.61 Å². The van der Waals surface area contributed by atoms with E-state index in [1.165, 1.54) is 78.3 Å². The molecule has 0 fully saturated rings. The van der Waals surface area contributed by atoms with Gasteiger partial charge in [-0.15, -0.1) is 0 Å². The van der Waals surface area contributed by atoms with Crippen LogP contribution in [0.25, 0.3) is 27.8 Å². The number of benzene rings is 3. The molecule has 0 radical (unpaired) electrons. The standard InChI is InChI=1S/C31H38O/c1-4-6-7-8-9-10-11-25-12-14-28(15-13-25)30-20-21-31(26(5-2)22-30)29-18-16-27(17-19-29)24(3)23-32/h12-22,32H,3-11,23H2,1-2H3. The van der Waals surface area contributed by atoms with E-state index in [0.717, 1.165) is 17.6 Å². The molecule has 0 spiro atoms. The molecular weight excluding hydrogens is 388 g/mol. The molecule has 3 aromatic carbocycles. The fourth-order valence-electron chi connectivity index (χ4n) is 4.30. The van der Waals surface area contributed by atoms with Crippen LogP contribution in [0, 0.1) is 0 Å². The SMILES string of the molecule is C=C(CO)c1ccc(-c2ccc(-c3ccc(CCCCCCCC)cc3)cc2CC)cc1. The number of aliphatic hydroxyl groups is 1. The van der Waals surface area contributed by atoms with E-state index in [9.17, 15) is 5.11 Å². The average molecular weight is 427 g/mol. The van der Waals surface area contributed by atoms with Crippen molar-refractivity contribution in [1.82, 2.24) is 0 Å². The third-order valence-electron chi connectivity index (χ3n) is 6.39. The molecular formula is C31H38O. The van der Waals surface area contributed by atoms with Crippen LogP contribution in [0.4, 0.5) is 0 Å². The molecule has 3 aromatic rings. The molecule has 0 bridgehead atoms. The Balaban J connectivity index is 1.68. The van der Waals surface area contributed by atoms with Gasteiger partial charge >= 0.3 is 0 Å². The van der Waals surface area contributed by atoms with E-state index in [-0.39, 0.29) is 6.61 Å². The van der Waals surface area contributed by atoms with Crippen molar-refractivity contribution in [3.05, 3.63) is 90.0 Å². The summed E-state index contributed by atoms with van der Waals surface area (Å²) in [6, 6.07) is 24.3. The van der Waals surface area contributed by atoms with Crippen molar-refractivity contribution in [3.8, 4) is 22.3 Å². The Morgan fingerprint density at radius 3 is 2.00 bits per heavy atom. The molecule has 0 saturated heterocycles. The van der Waals surface area contributed by atoms with E-state index in [2.05, 4.69) is 75.0 Å². The number of aryl methyl sites for hydroxylation is 2. The molecule has 0 aliphatic carbocycles. The van der Waals surface area contributed by atoms with Crippen LogP contribution in [0.2, 0.25) is 0 Å². The van der Waals surface area contributed by atoms with E-state index in [0.29, 0.717) is 0 Å². The quantitative estimate of drug-likeness (QED) is 0.288. The summed E-state index contributed by atoms with van der Waals surface area (Å²) in [5, 5.41) is 9.30. The number of rotatable bonds is 12. The minimum atomic E-state index is -0.00793. The Morgan fingerprint density at radius 1 is 0.719 bits per heavy atom. The van der Waals surface area contributed by atoms with E-state index in [1.807, 2.05) is 12.1 Å². The molecule has 1 heteroatoms. The first-order chi connectivity index (χ1) is 15.7. The molecule has 0 unspecified atom stereocenters. The lowest BCUT2D eigenvalue weighted by atomic mass is 9.92. The van der Waals surface area contributed by atoms with Crippen LogP contribution in [0.3, 0.4) is 0 Å². The normalized spacial score (nSPS) is 11.0. The summed E-state index contributed by atoms with van der Waals surface area (Å²) in [7, 11) is 0. The molecule has 0 aliphatic rings. The molecule has 3 rings (SSSR count). The van der Waals surface area contributed by atoms with Gasteiger partial charge in [0.1, 0.15) is 0 Å². The zero-order chi connectivity index (χ0) is 22.8. The molecule has 0 amide bonds. The fraction of sp³-hybridized carbons (Fsp3) is 0.355. The molecule has 1 nitrogen and oxygen atoms in total. The van der Waals surface area contributed by atoms with Gasteiger partial charge in [-0.25, -0.2) is 0 Å². The molecule has 0 saturated carbocycles. The Bertz CT molecular complexity index is 980. The third-order valence-corrected chi connectivity index (χ3v) is 6.39. The van der Waals surface area contributed by atoms with E-state index >= 15 is 0 Å². The number of hydrogen-bond donors (Lipinski definition) is 1. The van der Waals surface area contributed by atoms with Crippen molar-refractivity contribution in [3.63, 3.8) is 0 Å². The van der Waals surface area contributed by atoms with Crippen molar-refractivity contribution in [2.75, 3.05) is 6.61 Å². The van der Waals surface area contributed by atoms with E-state index < -0.39 is 0 Å². The minimum absolute atomic E-state index is 0.00793. The first-order valence-corrected chi connectivity index (χ1v) is 12.3. The Labute approximate surface area is 194 Å². The summed E-state index contributed by atoms with van der Waals surface area (Å²) in [5.41, 5.74) is 9.59. The maximum Gasteiger partial charge on any atom is 0.0681 e. The van der Waals surface area contributed by atoms with Gasteiger partial charge < -0.3 is 5.11 Å². The van der Waals surface area contributed by atoms with Crippen LogP contribution >= 0.6 is 0 Å². The highest BCUT2D eigenvalue weighted by molar-refractivity contribution is 5.75. The monoisotopic (exact) mass is 426 g/mol. The maximum absolute atomic E-state index is 9.30. The lowest BCUT2D eigenvalue weighted by Gasteiger charge is -2.13. The van der Waals surface area contributed by atoms with Crippen LogP contribution in [0.1, 0.15) is 69.1 Å². The lowest BCUT2D eigenvalue weighted by Crippen LogP contribution is -1.92. The molecule has 0 heterocycles. The van der Waals surface area contributed by atoms with Crippen LogP contribution < -0.4 is 0 Å². The summed E-state index contributed by atoms with van der Waals surface area (Å²) in [6.45, 7) is 8.39. The van der Waals surface area contributed by atoms with Gasteiger partial charge in [0.25, 0.3) is 0 Å². The highest BCUT2D eigenvalue weighted by Crippen LogP contribution is 2.30. The second kappa shape index (κ2) is 12.4. The van der Waals surface area contributed by atoms with Gasteiger partial charge in [-0.3, -0.25) is 0 Å². The van der Waals surface area contributed by atoms with Gasteiger partial charge in [0.2, 0.25) is 0 Å². The van der Waals surface area contributed by atoms with Crippen LogP contribution in [0.5, 0.6) is 0 Å². The van der Waals surface area contributed by atoms with Crippen molar-refractivity contribution in [2.24, 2.45) is 0 Å². The molecule has 1 N–H and O–H groups in total. The first kappa shape index (κ1) is 24.0. The second-order valence-corrected chi connectivity index (χ2v) is 8.78. The third kappa shape index (κ3) is 6.43. The molecule has 32 heavy (non-hydrogen) atoms. The molecule has 0 aromatic heterocycles. The Kier molecular flexibility index (Phi) is 9.31. The predicted octanol–water partition coefficient (Wildman–Crippen LogP) is 8.49. The maximum atomic E-state index is 9.30. The topological polar surface area (TPSA) is 20.2 Å². The number of hydrogen-bond acceptors (Lipinski definition) is 1. The first-order valence-electron chi connectivity index (χ1n) is 12.3. The molecule has 0 aliphatic heterocycles. The van der Waals surface area contributed by atoms with Crippen molar-refractivity contribution in [1.29, 1.82) is 0 Å². The lowest BCUT2D eigenvalue weighted by molar-refractivity contribution is 0.350. The van der Waals surface area contributed by atoms with Crippen molar-refractivity contribution in [2.45, 2.75) is 65.2 Å². The zero-order valence-corrected chi connectivity index (χ0v) is 19.9. The predicted molar refractivity (Wildman–Crippen MR) is 140 cm³/mol. The van der Waals surface area contributed by atoms with Gasteiger partial charge in [0.15, 0.2) is 0 Å². The summed E-state index contributed by atoms with van der Waals surface area (Å²) in [4.78, 5) is 0. The fourth-order valence-corrected chi connectivity index (χ4v) is 4.30. The summed E-state index contributed by atoms with van der Waals surface area (Å²) < 4.78 is 0. The minimum Gasteiger partial charge on any atom is -0.392 e. The average Bonchev–Trinajstić information content (AvgIpc) is 2.85. The highest BCUT2D eigenvalue weighted by Gasteiger charge is 2.08. The molecule has 168 valence electrons. The Morgan fingerprint density at radius 2 is 1.34 bits per heavy atom. The van der Waals surface area contributed by atoms with Gasteiger partial charge in [-0.1, -0.05) is 119 Å². The smallest absolute Gasteiger partial charge is 0.0681 e. The summed E-state index contributed by atoms with van der Waals surface area (Å²) >= 11 is 0. The van der Waals surface area contributed by atoms with E-state index in [4.69, 9.17) is 0 Å². The summed E-state index contributed by atoms with van der Waals surface area (Å²) in [6.07, 6.45) is 10.3. The van der Waals surface area contributed by atoms with Crippen LogP contribution in [-0.2, 0) is 12.8 Å². The van der Waals surface area contributed by atoms with Crippen LogP contribution in [-0.4, -0.2) is 11.7 Å². The Hall–Kier alpha value is -2.64. The highest BCUT2D eigenvalue weighted by atomic mass is 16.3. The van der Waals surface area contributed by atoms with Crippen molar-refractivity contribution < 1.29 is 5.11 Å².